The van der Waals surface area contributed by atoms with Gasteiger partial charge in [0.05, 0.1) is 12.7 Å². The summed E-state index contributed by atoms with van der Waals surface area (Å²) in [6.45, 7) is 6.21. The Bertz CT molecular complexity index is 1360. The Balaban J connectivity index is 1.26. The second kappa shape index (κ2) is 11.3. The van der Waals surface area contributed by atoms with E-state index in [1.54, 1.807) is 11.1 Å². The van der Waals surface area contributed by atoms with E-state index in [2.05, 4.69) is 15.2 Å². The van der Waals surface area contributed by atoms with E-state index in [0.717, 1.165) is 35.6 Å². The van der Waals surface area contributed by atoms with Crippen LogP contribution < -0.4 is 10.2 Å². The number of hydrogen-bond donors (Lipinski definition) is 1. The highest BCUT2D eigenvalue weighted by Gasteiger charge is 2.38. The Morgan fingerprint density at radius 1 is 0.949 bits per heavy atom. The SMILES string of the molecule is COC(=O)[C@H](C(C)C)N1Cc2ccc(-c3ccc(NC(=O)c4ccc(N5CCCCC5)nc4)cc3)cc2C1=O. The minimum absolute atomic E-state index is 0.0682. The third-order valence-electron chi connectivity index (χ3n) is 7.52. The van der Waals surface area contributed by atoms with Gasteiger partial charge in [0.1, 0.15) is 11.9 Å². The Morgan fingerprint density at radius 3 is 2.31 bits per heavy atom. The number of rotatable bonds is 7. The first-order valence-corrected chi connectivity index (χ1v) is 13.5. The van der Waals surface area contributed by atoms with Gasteiger partial charge in [-0.1, -0.05) is 38.1 Å². The normalized spacial score (nSPS) is 15.7. The smallest absolute Gasteiger partial charge is 0.328 e. The third kappa shape index (κ3) is 5.50. The van der Waals surface area contributed by atoms with Gasteiger partial charge in [-0.2, -0.15) is 0 Å². The molecule has 2 amide bonds. The average Bonchev–Trinajstić information content (AvgIpc) is 3.28. The molecule has 1 atom stereocenters. The summed E-state index contributed by atoms with van der Waals surface area (Å²) in [5, 5.41) is 2.93. The number of anilines is 2. The van der Waals surface area contributed by atoms with Crippen molar-refractivity contribution in [3.63, 3.8) is 0 Å². The third-order valence-corrected chi connectivity index (χ3v) is 7.52. The lowest BCUT2D eigenvalue weighted by Crippen LogP contribution is -2.45. The minimum atomic E-state index is -0.627. The number of hydrogen-bond acceptors (Lipinski definition) is 6. The molecule has 0 saturated carbocycles. The van der Waals surface area contributed by atoms with Crippen LogP contribution in [0.5, 0.6) is 0 Å². The molecule has 2 aromatic carbocycles. The van der Waals surface area contributed by atoms with Crippen molar-refractivity contribution < 1.29 is 19.1 Å². The fourth-order valence-corrected chi connectivity index (χ4v) is 5.39. The molecule has 1 aromatic heterocycles. The fraction of sp³-hybridized carbons (Fsp3) is 0.355. The molecule has 8 nitrogen and oxygen atoms in total. The number of amides is 2. The van der Waals surface area contributed by atoms with Crippen molar-refractivity contribution >= 4 is 29.3 Å². The Labute approximate surface area is 229 Å². The van der Waals surface area contributed by atoms with Gasteiger partial charge >= 0.3 is 5.97 Å². The molecule has 2 aliphatic rings. The molecule has 3 heterocycles. The zero-order valence-corrected chi connectivity index (χ0v) is 22.6. The van der Waals surface area contributed by atoms with Gasteiger partial charge in [-0.05, 0) is 72.2 Å². The van der Waals surface area contributed by atoms with Gasteiger partial charge in [0.15, 0.2) is 0 Å². The molecule has 1 saturated heterocycles. The van der Waals surface area contributed by atoms with E-state index in [1.807, 2.05) is 68.4 Å². The summed E-state index contributed by atoms with van der Waals surface area (Å²) < 4.78 is 4.96. The van der Waals surface area contributed by atoms with Crippen LogP contribution in [-0.2, 0) is 16.1 Å². The lowest BCUT2D eigenvalue weighted by atomic mass is 10.00. The Morgan fingerprint density at radius 2 is 1.67 bits per heavy atom. The predicted molar refractivity (Wildman–Crippen MR) is 151 cm³/mol. The summed E-state index contributed by atoms with van der Waals surface area (Å²) in [7, 11) is 1.35. The van der Waals surface area contributed by atoms with Crippen LogP contribution >= 0.6 is 0 Å². The molecular formula is C31H34N4O4. The van der Waals surface area contributed by atoms with E-state index >= 15 is 0 Å². The van der Waals surface area contributed by atoms with Crippen LogP contribution in [0, 0.1) is 5.92 Å². The number of nitrogens with zero attached hydrogens (tertiary/aromatic N) is 3. The standard InChI is InChI=1S/C31H34N4O4/c1-20(2)28(31(38)39-3)35-19-24-8-7-22(17-26(24)30(35)37)21-9-12-25(13-10-21)33-29(36)23-11-14-27(32-18-23)34-15-5-4-6-16-34/h7-14,17-18,20,28H,4-6,15-16,19H2,1-3H3,(H,33,36)/t28-/m0/s1. The second-order valence-corrected chi connectivity index (χ2v) is 10.5. The summed E-state index contributed by atoms with van der Waals surface area (Å²) in [5.74, 6) is 0.0596. The first-order chi connectivity index (χ1) is 18.9. The van der Waals surface area contributed by atoms with Crippen LogP contribution in [0.2, 0.25) is 0 Å². The van der Waals surface area contributed by atoms with Crippen molar-refractivity contribution in [2.24, 2.45) is 5.92 Å². The molecule has 0 unspecified atom stereocenters. The number of piperidine rings is 1. The van der Waals surface area contributed by atoms with E-state index in [1.165, 1.54) is 26.4 Å². The molecule has 0 radical (unpaired) electrons. The molecule has 5 rings (SSSR count). The number of ether oxygens (including phenoxy) is 1. The zero-order chi connectivity index (χ0) is 27.5. The highest BCUT2D eigenvalue weighted by molar-refractivity contribution is 6.04. The monoisotopic (exact) mass is 526 g/mol. The second-order valence-electron chi connectivity index (χ2n) is 10.5. The molecule has 39 heavy (non-hydrogen) atoms. The zero-order valence-electron chi connectivity index (χ0n) is 22.6. The number of methoxy groups -OCH3 is 1. The summed E-state index contributed by atoms with van der Waals surface area (Å²) in [6, 6.07) is 16.4. The highest BCUT2D eigenvalue weighted by Crippen LogP contribution is 2.32. The number of benzene rings is 2. The lowest BCUT2D eigenvalue weighted by molar-refractivity contribution is -0.147. The van der Waals surface area contributed by atoms with Gasteiger partial charge < -0.3 is 19.9 Å². The number of nitrogens with one attached hydrogen (secondary N) is 1. The van der Waals surface area contributed by atoms with Crippen molar-refractivity contribution in [2.45, 2.75) is 45.7 Å². The molecular weight excluding hydrogens is 492 g/mol. The largest absolute Gasteiger partial charge is 0.467 e. The maximum absolute atomic E-state index is 13.2. The van der Waals surface area contributed by atoms with E-state index in [4.69, 9.17) is 4.74 Å². The summed E-state index contributed by atoms with van der Waals surface area (Å²) >= 11 is 0. The number of fused-ring (bicyclic) bond motifs is 1. The van der Waals surface area contributed by atoms with Crippen LogP contribution in [0.15, 0.2) is 60.8 Å². The van der Waals surface area contributed by atoms with Crippen LogP contribution in [-0.4, -0.2) is 53.9 Å². The molecule has 1 N–H and O–H groups in total. The molecule has 0 aliphatic carbocycles. The maximum atomic E-state index is 13.2. The van der Waals surface area contributed by atoms with Gasteiger partial charge in [0.25, 0.3) is 11.8 Å². The topological polar surface area (TPSA) is 91.8 Å². The highest BCUT2D eigenvalue weighted by atomic mass is 16.5. The number of esters is 1. The van der Waals surface area contributed by atoms with Crippen molar-refractivity contribution in [1.29, 1.82) is 0 Å². The Hall–Kier alpha value is -4.20. The first kappa shape index (κ1) is 26.4. The summed E-state index contributed by atoms with van der Waals surface area (Å²) in [4.78, 5) is 46.7. The van der Waals surface area contributed by atoms with Crippen molar-refractivity contribution in [2.75, 3.05) is 30.4 Å². The van der Waals surface area contributed by atoms with Gasteiger partial charge in [0.2, 0.25) is 0 Å². The van der Waals surface area contributed by atoms with Gasteiger partial charge in [0, 0.05) is 37.1 Å². The molecule has 0 bridgehead atoms. The molecule has 0 spiro atoms. The molecule has 3 aromatic rings. The molecule has 1 fully saturated rings. The molecule has 8 heteroatoms. The number of aromatic nitrogens is 1. The number of pyridine rings is 1. The van der Waals surface area contributed by atoms with Crippen molar-refractivity contribution in [3.05, 3.63) is 77.5 Å². The lowest BCUT2D eigenvalue weighted by Gasteiger charge is -2.28. The van der Waals surface area contributed by atoms with Crippen LogP contribution in [0.3, 0.4) is 0 Å². The van der Waals surface area contributed by atoms with Crippen LogP contribution in [0.25, 0.3) is 11.1 Å². The first-order valence-electron chi connectivity index (χ1n) is 13.5. The van der Waals surface area contributed by atoms with E-state index < -0.39 is 12.0 Å². The summed E-state index contributed by atoms with van der Waals surface area (Å²) in [5.41, 5.74) is 4.47. The van der Waals surface area contributed by atoms with E-state index in [0.29, 0.717) is 23.4 Å². The van der Waals surface area contributed by atoms with Crippen molar-refractivity contribution in [3.8, 4) is 11.1 Å². The maximum Gasteiger partial charge on any atom is 0.328 e. The van der Waals surface area contributed by atoms with Gasteiger partial charge in [-0.3, -0.25) is 9.59 Å². The predicted octanol–water partition coefficient (Wildman–Crippen LogP) is 5.14. The summed E-state index contributed by atoms with van der Waals surface area (Å²) in [6.07, 6.45) is 5.24. The number of carbonyl (C=O) groups excluding carboxylic acids is 3. The van der Waals surface area contributed by atoms with Crippen LogP contribution in [0.4, 0.5) is 11.5 Å². The van der Waals surface area contributed by atoms with E-state index in [9.17, 15) is 14.4 Å². The quantitative estimate of drug-likeness (QED) is 0.429. The van der Waals surface area contributed by atoms with Gasteiger partial charge in [-0.25, -0.2) is 9.78 Å². The minimum Gasteiger partial charge on any atom is -0.467 e. The Kier molecular flexibility index (Phi) is 7.63. The van der Waals surface area contributed by atoms with Gasteiger partial charge in [-0.15, -0.1) is 0 Å². The van der Waals surface area contributed by atoms with Crippen LogP contribution in [0.1, 0.15) is 59.4 Å². The average molecular weight is 527 g/mol. The van der Waals surface area contributed by atoms with Crippen molar-refractivity contribution in [1.82, 2.24) is 9.88 Å². The fourth-order valence-electron chi connectivity index (χ4n) is 5.39. The van der Waals surface area contributed by atoms with E-state index in [-0.39, 0.29) is 17.7 Å². The molecule has 2 aliphatic heterocycles. The number of carbonyl (C=O) groups is 3. The molecule has 202 valence electrons.